The van der Waals surface area contributed by atoms with Crippen LogP contribution in [0.1, 0.15) is 41.6 Å². The second-order valence-corrected chi connectivity index (χ2v) is 12.4. The quantitative estimate of drug-likeness (QED) is 0.394. The smallest absolute Gasteiger partial charge is 0.264 e. The van der Waals surface area contributed by atoms with E-state index in [0.29, 0.717) is 42.2 Å². The van der Waals surface area contributed by atoms with Crippen molar-refractivity contribution in [2.45, 2.75) is 37.1 Å². The average molecular weight is 566 g/mol. The van der Waals surface area contributed by atoms with Crippen LogP contribution in [-0.2, 0) is 21.4 Å². The molecule has 0 radical (unpaired) electrons. The van der Waals surface area contributed by atoms with Crippen molar-refractivity contribution < 1.29 is 18.0 Å². The van der Waals surface area contributed by atoms with Gasteiger partial charge in [0.2, 0.25) is 5.91 Å². The highest BCUT2D eigenvalue weighted by Crippen LogP contribution is 2.29. The van der Waals surface area contributed by atoms with Gasteiger partial charge in [0.25, 0.3) is 15.9 Å². The van der Waals surface area contributed by atoms with Crippen LogP contribution in [0, 0.1) is 5.92 Å². The number of hydrogen-bond donors (Lipinski definition) is 0. The van der Waals surface area contributed by atoms with E-state index in [1.54, 1.807) is 83.8 Å². The maximum absolute atomic E-state index is 13.8. The molecule has 9 heteroatoms. The Kier molecular flexibility index (Phi) is 8.23. The molecule has 7 nitrogen and oxygen atoms in total. The van der Waals surface area contributed by atoms with Gasteiger partial charge in [-0.15, -0.1) is 0 Å². The van der Waals surface area contributed by atoms with Crippen molar-refractivity contribution >= 4 is 39.1 Å². The average Bonchev–Trinajstić information content (AvgIpc) is 3.52. The number of hydrogen-bond acceptors (Lipinski definition) is 4. The van der Waals surface area contributed by atoms with Crippen molar-refractivity contribution in [2.24, 2.45) is 5.92 Å². The number of benzene rings is 3. The fourth-order valence-corrected chi connectivity index (χ4v) is 6.88. The van der Waals surface area contributed by atoms with E-state index in [2.05, 4.69) is 0 Å². The van der Waals surface area contributed by atoms with E-state index in [1.165, 1.54) is 4.31 Å². The number of rotatable bonds is 7. The lowest BCUT2D eigenvalue weighted by atomic mass is 9.95. The van der Waals surface area contributed by atoms with Gasteiger partial charge in [-0.25, -0.2) is 8.42 Å². The van der Waals surface area contributed by atoms with Crippen LogP contribution in [0.3, 0.4) is 0 Å². The molecule has 0 spiro atoms. The van der Waals surface area contributed by atoms with Gasteiger partial charge in [-0.05, 0) is 73.7 Å². The van der Waals surface area contributed by atoms with Crippen LogP contribution >= 0.6 is 11.6 Å². The molecule has 204 valence electrons. The Labute approximate surface area is 235 Å². The molecule has 0 aromatic heterocycles. The third-order valence-corrected chi connectivity index (χ3v) is 9.54. The number of piperidine rings is 1. The molecule has 2 heterocycles. The van der Waals surface area contributed by atoms with E-state index < -0.39 is 10.0 Å². The van der Waals surface area contributed by atoms with Crippen LogP contribution in [0.4, 0.5) is 5.69 Å². The monoisotopic (exact) mass is 565 g/mol. The maximum atomic E-state index is 13.8. The molecule has 0 aliphatic carbocycles. The molecule has 0 atom stereocenters. The van der Waals surface area contributed by atoms with Gasteiger partial charge in [0.15, 0.2) is 0 Å². The molecule has 2 aliphatic rings. The fraction of sp³-hybridized carbons (Fsp3) is 0.333. The lowest BCUT2D eigenvalue weighted by molar-refractivity contribution is -0.135. The molecule has 39 heavy (non-hydrogen) atoms. The summed E-state index contributed by atoms with van der Waals surface area (Å²) < 4.78 is 28.9. The van der Waals surface area contributed by atoms with Gasteiger partial charge < -0.3 is 9.80 Å². The molecule has 3 aromatic rings. The predicted molar refractivity (Wildman–Crippen MR) is 152 cm³/mol. The topological polar surface area (TPSA) is 78.0 Å². The van der Waals surface area contributed by atoms with Crippen LogP contribution in [0.2, 0.25) is 5.02 Å². The normalized spacial score (nSPS) is 16.3. The predicted octanol–water partition coefficient (Wildman–Crippen LogP) is 5.21. The van der Waals surface area contributed by atoms with Crippen LogP contribution in [0.5, 0.6) is 0 Å². The van der Waals surface area contributed by atoms with Crippen LogP contribution in [0.15, 0.2) is 83.8 Å². The van der Waals surface area contributed by atoms with Crippen molar-refractivity contribution in [3.05, 3.63) is 95.0 Å². The van der Waals surface area contributed by atoms with Gasteiger partial charge >= 0.3 is 0 Å². The Morgan fingerprint density at radius 2 is 1.49 bits per heavy atom. The zero-order valence-corrected chi connectivity index (χ0v) is 23.3. The minimum absolute atomic E-state index is 0.0376. The first-order valence-corrected chi connectivity index (χ1v) is 15.1. The summed E-state index contributed by atoms with van der Waals surface area (Å²) in [6.45, 7) is 2.76. The molecule has 0 bridgehead atoms. The Morgan fingerprint density at radius 1 is 0.821 bits per heavy atom. The molecule has 0 saturated carbocycles. The third kappa shape index (κ3) is 6.12. The van der Waals surface area contributed by atoms with Gasteiger partial charge in [-0.1, -0.05) is 48.0 Å². The van der Waals surface area contributed by atoms with Gasteiger partial charge in [-0.2, -0.15) is 0 Å². The summed E-state index contributed by atoms with van der Waals surface area (Å²) in [5, 5.41) is 0.565. The van der Waals surface area contributed by atoms with Crippen molar-refractivity contribution in [2.75, 3.05) is 30.5 Å². The highest BCUT2D eigenvalue weighted by Gasteiger charge is 2.32. The molecule has 0 N–H and O–H groups in total. The van der Waals surface area contributed by atoms with Gasteiger partial charge in [0.05, 0.1) is 17.1 Å². The lowest BCUT2D eigenvalue weighted by Gasteiger charge is -2.33. The van der Waals surface area contributed by atoms with Crippen molar-refractivity contribution in [1.29, 1.82) is 0 Å². The molecule has 2 aliphatic heterocycles. The third-order valence-electron chi connectivity index (χ3n) is 7.50. The first-order chi connectivity index (χ1) is 18.8. The SMILES string of the molecule is O=C(c1cccc(N(Cc2ccc(Cl)cc2)S(=O)(=O)c2ccccc2)c1)N1CCC(C(=O)N2CCCC2)CC1. The first kappa shape index (κ1) is 27.2. The summed E-state index contributed by atoms with van der Waals surface area (Å²) in [6, 6.07) is 22.1. The van der Waals surface area contributed by atoms with Crippen LogP contribution < -0.4 is 4.31 Å². The maximum Gasteiger partial charge on any atom is 0.264 e. The molecular formula is C30H32ClN3O4S. The van der Waals surface area contributed by atoms with Gasteiger partial charge in [-0.3, -0.25) is 13.9 Å². The second kappa shape index (κ2) is 11.8. The van der Waals surface area contributed by atoms with E-state index in [1.807, 2.05) is 4.90 Å². The largest absolute Gasteiger partial charge is 0.342 e. The Morgan fingerprint density at radius 3 is 2.15 bits per heavy atom. The van der Waals surface area contributed by atoms with E-state index in [0.717, 1.165) is 31.5 Å². The minimum Gasteiger partial charge on any atom is -0.342 e. The first-order valence-electron chi connectivity index (χ1n) is 13.3. The summed E-state index contributed by atoms with van der Waals surface area (Å²) in [5.74, 6) is 0.0161. The minimum atomic E-state index is -3.92. The number of likely N-dealkylation sites (tertiary alicyclic amines) is 2. The summed E-state index contributed by atoms with van der Waals surface area (Å²) in [5.41, 5.74) is 1.58. The number of amides is 2. The van der Waals surface area contributed by atoms with Crippen molar-refractivity contribution in [1.82, 2.24) is 9.80 Å². The zero-order chi connectivity index (χ0) is 27.4. The molecule has 2 amide bonds. The van der Waals surface area contributed by atoms with Crippen LogP contribution in [0.25, 0.3) is 0 Å². The van der Waals surface area contributed by atoms with E-state index >= 15 is 0 Å². The Bertz CT molecular complexity index is 1420. The molecule has 2 fully saturated rings. The standard InChI is InChI=1S/C30H32ClN3O4S/c31-26-13-11-23(12-14-26)22-34(39(37,38)28-9-2-1-3-10-28)27-8-6-7-25(21-27)30(36)33-19-15-24(16-20-33)29(35)32-17-4-5-18-32/h1-3,6-14,21,24H,4-5,15-20,22H2. The van der Waals surface area contributed by atoms with Gasteiger partial charge in [0.1, 0.15) is 0 Å². The number of sulfonamides is 1. The highest BCUT2D eigenvalue weighted by molar-refractivity contribution is 7.92. The fourth-order valence-electron chi connectivity index (χ4n) is 5.29. The van der Waals surface area contributed by atoms with Gasteiger partial charge in [0, 0.05) is 42.7 Å². The van der Waals surface area contributed by atoms with E-state index in [-0.39, 0.29) is 29.2 Å². The molecule has 3 aromatic carbocycles. The number of anilines is 1. The number of carbonyl (C=O) groups excluding carboxylic acids is 2. The highest BCUT2D eigenvalue weighted by atomic mass is 35.5. The van der Waals surface area contributed by atoms with Crippen molar-refractivity contribution in [3.8, 4) is 0 Å². The second-order valence-electron chi connectivity index (χ2n) is 10.1. The number of halogens is 1. The summed E-state index contributed by atoms with van der Waals surface area (Å²) >= 11 is 6.04. The number of nitrogens with zero attached hydrogens (tertiary/aromatic N) is 3. The lowest BCUT2D eigenvalue weighted by Crippen LogP contribution is -2.43. The molecule has 5 rings (SSSR count). The summed E-state index contributed by atoms with van der Waals surface area (Å²) in [6.07, 6.45) is 3.42. The van der Waals surface area contributed by atoms with E-state index in [9.17, 15) is 18.0 Å². The summed E-state index contributed by atoms with van der Waals surface area (Å²) in [7, 11) is -3.92. The number of carbonyl (C=O) groups is 2. The molecule has 0 unspecified atom stereocenters. The molecule has 2 saturated heterocycles. The van der Waals surface area contributed by atoms with Crippen molar-refractivity contribution in [3.63, 3.8) is 0 Å². The summed E-state index contributed by atoms with van der Waals surface area (Å²) in [4.78, 5) is 30.2. The van der Waals surface area contributed by atoms with Crippen LogP contribution in [-0.4, -0.2) is 56.2 Å². The Hall–Kier alpha value is -3.36. The zero-order valence-electron chi connectivity index (χ0n) is 21.7. The van der Waals surface area contributed by atoms with E-state index in [4.69, 9.17) is 11.6 Å². The Balaban J connectivity index is 1.37. The molecular weight excluding hydrogens is 534 g/mol.